The molecule has 2 rings (SSSR count). The van der Waals surface area contributed by atoms with E-state index in [4.69, 9.17) is 0 Å². The van der Waals surface area contributed by atoms with Gasteiger partial charge in [-0.3, -0.25) is 21.7 Å². The zero-order valence-electron chi connectivity index (χ0n) is 6.24. The molecule has 2 heterocycles. The predicted octanol–water partition coefficient (Wildman–Crippen LogP) is -1.03. The minimum absolute atomic E-state index is 1.14. The molecular weight excluding hydrogens is 128 g/mol. The summed E-state index contributed by atoms with van der Waals surface area (Å²) in [6, 6.07) is 0. The fraction of sp³-hybridized carbons (Fsp3) is 1.00. The molecule has 2 saturated heterocycles. The number of rotatable bonds is 0. The van der Waals surface area contributed by atoms with E-state index in [1.807, 2.05) is 0 Å². The van der Waals surface area contributed by atoms with Crippen molar-refractivity contribution in [2.24, 2.45) is 0 Å². The van der Waals surface area contributed by atoms with Crippen LogP contribution in [0.4, 0.5) is 0 Å². The maximum Gasteiger partial charge on any atom is 0.0112 e. The quantitative estimate of drug-likeness (QED) is 0.351. The molecule has 4 nitrogen and oxygen atoms in total. The maximum absolute atomic E-state index is 2.97. The molecule has 2 aliphatic heterocycles. The van der Waals surface area contributed by atoms with Gasteiger partial charge in [0.1, 0.15) is 0 Å². The van der Waals surface area contributed by atoms with E-state index < -0.39 is 0 Å². The van der Waals surface area contributed by atoms with Crippen LogP contribution >= 0.6 is 0 Å². The topological polar surface area (TPSA) is 48.1 Å². The molecule has 0 amide bonds. The third-order valence-corrected chi connectivity index (χ3v) is 1.46. The van der Waals surface area contributed by atoms with Crippen LogP contribution in [0.1, 0.15) is 12.8 Å². The molecular formula is C6H16N4. The Morgan fingerprint density at radius 2 is 0.800 bits per heavy atom. The van der Waals surface area contributed by atoms with Crippen LogP contribution in [-0.2, 0) is 0 Å². The van der Waals surface area contributed by atoms with Crippen molar-refractivity contribution in [2.45, 2.75) is 12.8 Å². The number of hydrazine groups is 2. The molecule has 0 aromatic carbocycles. The monoisotopic (exact) mass is 144 g/mol. The lowest BCUT2D eigenvalue weighted by molar-refractivity contribution is 0.689. The van der Waals surface area contributed by atoms with E-state index in [2.05, 4.69) is 21.7 Å². The summed E-state index contributed by atoms with van der Waals surface area (Å²) in [5.74, 6) is 0. The Kier molecular flexibility index (Phi) is 4.46. The van der Waals surface area contributed by atoms with Crippen LogP contribution in [0.25, 0.3) is 0 Å². The fourth-order valence-corrected chi connectivity index (χ4v) is 0.884. The van der Waals surface area contributed by atoms with Gasteiger partial charge in [-0.2, -0.15) is 0 Å². The van der Waals surface area contributed by atoms with E-state index in [9.17, 15) is 0 Å². The van der Waals surface area contributed by atoms with Crippen molar-refractivity contribution in [3.8, 4) is 0 Å². The molecule has 0 aliphatic carbocycles. The Labute approximate surface area is 61.7 Å². The van der Waals surface area contributed by atoms with E-state index in [0.717, 1.165) is 26.2 Å². The largest absolute Gasteiger partial charge is 0.258 e. The van der Waals surface area contributed by atoms with E-state index in [1.165, 1.54) is 12.8 Å². The van der Waals surface area contributed by atoms with E-state index in [0.29, 0.717) is 0 Å². The number of hydrogen-bond acceptors (Lipinski definition) is 4. The van der Waals surface area contributed by atoms with Crippen LogP contribution < -0.4 is 21.7 Å². The Morgan fingerprint density at radius 1 is 0.500 bits per heavy atom. The van der Waals surface area contributed by atoms with Crippen molar-refractivity contribution in [1.82, 2.24) is 21.7 Å². The highest BCUT2D eigenvalue weighted by Crippen LogP contribution is 1.75. The zero-order valence-corrected chi connectivity index (χ0v) is 6.24. The summed E-state index contributed by atoms with van der Waals surface area (Å²) in [6.45, 7) is 4.56. The van der Waals surface area contributed by atoms with Gasteiger partial charge < -0.3 is 0 Å². The highest BCUT2D eigenvalue weighted by molar-refractivity contribution is 4.51. The first-order chi connectivity index (χ1) is 5.00. The molecule has 0 radical (unpaired) electrons. The van der Waals surface area contributed by atoms with Crippen molar-refractivity contribution in [2.75, 3.05) is 26.2 Å². The van der Waals surface area contributed by atoms with Gasteiger partial charge in [-0.25, -0.2) is 0 Å². The summed E-state index contributed by atoms with van der Waals surface area (Å²) in [5.41, 5.74) is 11.9. The average Bonchev–Trinajstić information content (AvgIpc) is 2.67. The lowest BCUT2D eigenvalue weighted by Crippen LogP contribution is -2.21. The Bertz CT molecular complexity index is 42.9. The minimum Gasteiger partial charge on any atom is -0.258 e. The van der Waals surface area contributed by atoms with Gasteiger partial charge in [0.05, 0.1) is 0 Å². The molecule has 4 heteroatoms. The number of hydrogen-bond donors (Lipinski definition) is 4. The predicted molar refractivity (Wildman–Crippen MR) is 41.2 cm³/mol. The Balaban J connectivity index is 0.0000001000. The average molecular weight is 144 g/mol. The van der Waals surface area contributed by atoms with Crippen molar-refractivity contribution in [3.63, 3.8) is 0 Å². The summed E-state index contributed by atoms with van der Waals surface area (Å²) in [4.78, 5) is 0. The first kappa shape index (κ1) is 7.94. The Morgan fingerprint density at radius 3 is 0.900 bits per heavy atom. The minimum atomic E-state index is 1.14. The molecule has 0 atom stereocenters. The third-order valence-electron chi connectivity index (χ3n) is 1.46. The zero-order chi connectivity index (χ0) is 7.07. The van der Waals surface area contributed by atoms with Crippen LogP contribution in [0.2, 0.25) is 0 Å². The second-order valence-electron chi connectivity index (χ2n) is 2.41. The van der Waals surface area contributed by atoms with Crippen molar-refractivity contribution >= 4 is 0 Å². The van der Waals surface area contributed by atoms with E-state index >= 15 is 0 Å². The van der Waals surface area contributed by atoms with Crippen LogP contribution in [0.15, 0.2) is 0 Å². The number of nitrogens with one attached hydrogen (secondary N) is 4. The molecule has 0 unspecified atom stereocenters. The molecule has 60 valence electrons. The second kappa shape index (κ2) is 5.61. The van der Waals surface area contributed by atoms with Crippen molar-refractivity contribution in [1.29, 1.82) is 0 Å². The molecule has 2 fully saturated rings. The molecule has 0 spiro atoms. The smallest absolute Gasteiger partial charge is 0.0112 e. The van der Waals surface area contributed by atoms with Crippen LogP contribution in [0.3, 0.4) is 0 Å². The highest BCUT2D eigenvalue weighted by Gasteiger charge is 1.91. The SMILES string of the molecule is C1CNNC1.C1CNNC1. The van der Waals surface area contributed by atoms with Gasteiger partial charge in [0.25, 0.3) is 0 Å². The Hall–Kier alpha value is -0.160. The first-order valence-electron chi connectivity index (χ1n) is 3.91. The lowest BCUT2D eigenvalue weighted by Gasteiger charge is -1.81. The summed E-state index contributed by atoms with van der Waals surface area (Å²) < 4.78 is 0. The lowest BCUT2D eigenvalue weighted by atomic mass is 10.5. The first-order valence-corrected chi connectivity index (χ1v) is 3.91. The molecule has 0 aromatic heterocycles. The van der Waals surface area contributed by atoms with Gasteiger partial charge in [-0.15, -0.1) is 0 Å². The van der Waals surface area contributed by atoms with Crippen molar-refractivity contribution in [3.05, 3.63) is 0 Å². The second-order valence-corrected chi connectivity index (χ2v) is 2.41. The third kappa shape index (κ3) is 3.79. The van der Waals surface area contributed by atoms with E-state index in [-0.39, 0.29) is 0 Å². The molecule has 0 saturated carbocycles. The normalized spacial score (nSPS) is 24.0. The van der Waals surface area contributed by atoms with Crippen LogP contribution in [-0.4, -0.2) is 26.2 Å². The summed E-state index contributed by atoms with van der Waals surface area (Å²) in [6.07, 6.45) is 2.56. The van der Waals surface area contributed by atoms with Gasteiger partial charge in [0, 0.05) is 26.2 Å². The van der Waals surface area contributed by atoms with Gasteiger partial charge >= 0.3 is 0 Å². The summed E-state index contributed by atoms with van der Waals surface area (Å²) >= 11 is 0. The fourth-order valence-electron chi connectivity index (χ4n) is 0.884. The van der Waals surface area contributed by atoms with Crippen LogP contribution in [0.5, 0.6) is 0 Å². The molecule has 0 bridgehead atoms. The molecule has 0 aromatic rings. The highest BCUT2D eigenvalue weighted by atomic mass is 15.4. The molecule has 4 N–H and O–H groups in total. The van der Waals surface area contributed by atoms with Crippen LogP contribution in [0, 0.1) is 0 Å². The molecule has 2 aliphatic rings. The van der Waals surface area contributed by atoms with Crippen molar-refractivity contribution < 1.29 is 0 Å². The standard InChI is InChI=1S/2C3H8N2/c2*1-2-4-5-3-1/h2*4-5H,1-3H2. The summed E-state index contributed by atoms with van der Waals surface area (Å²) in [7, 11) is 0. The van der Waals surface area contributed by atoms with Gasteiger partial charge in [-0.05, 0) is 12.8 Å². The van der Waals surface area contributed by atoms with E-state index in [1.54, 1.807) is 0 Å². The van der Waals surface area contributed by atoms with Gasteiger partial charge in [-0.1, -0.05) is 0 Å². The van der Waals surface area contributed by atoms with Gasteiger partial charge in [0.15, 0.2) is 0 Å². The molecule has 10 heavy (non-hydrogen) atoms. The van der Waals surface area contributed by atoms with Gasteiger partial charge in [0.2, 0.25) is 0 Å². The summed E-state index contributed by atoms with van der Waals surface area (Å²) in [5, 5.41) is 0. The maximum atomic E-state index is 2.97.